The number of amides is 1. The van der Waals surface area contributed by atoms with Gasteiger partial charge in [-0.25, -0.2) is 4.98 Å². The topological polar surface area (TPSA) is 136 Å². The van der Waals surface area contributed by atoms with Gasteiger partial charge in [0.05, 0.1) is 49.9 Å². The SMILES string of the molecule is Cc1nn(CCOCCOCCNC(=O)CS(=O)(=O)O)cc1-c1ccc2cc(CCN3CCC[C@H]3C)ccc2n1. The number of ether oxygens (including phenoxy) is 2. The highest BCUT2D eigenvalue weighted by atomic mass is 32.2. The minimum absolute atomic E-state index is 0.145. The fourth-order valence-electron chi connectivity index (χ4n) is 4.92. The van der Waals surface area contributed by atoms with Gasteiger partial charge in [-0.1, -0.05) is 12.1 Å². The minimum Gasteiger partial charge on any atom is -0.377 e. The summed E-state index contributed by atoms with van der Waals surface area (Å²) >= 11 is 0. The normalized spacial score (nSPS) is 16.1. The molecule has 11 nitrogen and oxygen atoms in total. The molecule has 40 heavy (non-hydrogen) atoms. The van der Waals surface area contributed by atoms with E-state index in [2.05, 4.69) is 52.6 Å². The van der Waals surface area contributed by atoms with Crippen LogP contribution in [-0.4, -0.2) is 96.4 Å². The molecule has 0 aliphatic carbocycles. The average Bonchev–Trinajstić information content (AvgIpc) is 3.49. The number of fused-ring (bicyclic) bond motifs is 1. The molecule has 218 valence electrons. The van der Waals surface area contributed by atoms with Crippen LogP contribution in [0.4, 0.5) is 0 Å². The Balaban J connectivity index is 1.18. The van der Waals surface area contributed by atoms with E-state index in [0.29, 0.717) is 32.4 Å². The smallest absolute Gasteiger partial charge is 0.274 e. The second-order valence-electron chi connectivity index (χ2n) is 10.2. The predicted molar refractivity (Wildman–Crippen MR) is 153 cm³/mol. The summed E-state index contributed by atoms with van der Waals surface area (Å²) in [5.74, 6) is -1.73. The Morgan fingerprint density at radius 3 is 2.67 bits per heavy atom. The maximum atomic E-state index is 11.3. The van der Waals surface area contributed by atoms with Gasteiger partial charge in [-0.2, -0.15) is 13.5 Å². The number of rotatable bonds is 15. The summed E-state index contributed by atoms with van der Waals surface area (Å²) in [5, 5.41) is 8.11. The molecular formula is C28H39N5O6S. The summed E-state index contributed by atoms with van der Waals surface area (Å²) in [4.78, 5) is 18.8. The number of aryl methyl sites for hydroxylation is 1. The average molecular weight is 574 g/mol. The molecule has 1 aliphatic rings. The molecule has 2 aromatic heterocycles. The second kappa shape index (κ2) is 14.1. The molecule has 1 saturated heterocycles. The first-order valence-electron chi connectivity index (χ1n) is 13.7. The Bertz CT molecular complexity index is 1390. The zero-order chi connectivity index (χ0) is 28.5. The highest BCUT2D eigenvalue weighted by Crippen LogP contribution is 2.25. The summed E-state index contributed by atoms with van der Waals surface area (Å²) < 4.78 is 42.7. The van der Waals surface area contributed by atoms with Crippen molar-refractivity contribution in [2.45, 2.75) is 45.7 Å². The quantitative estimate of drug-likeness (QED) is 0.208. The summed E-state index contributed by atoms with van der Waals surface area (Å²) in [6.45, 7) is 8.71. The summed E-state index contributed by atoms with van der Waals surface area (Å²) in [6, 6.07) is 11.4. The molecule has 0 radical (unpaired) electrons. The Labute approximate surface area is 235 Å². The van der Waals surface area contributed by atoms with Gasteiger partial charge in [0.1, 0.15) is 0 Å². The molecule has 3 aromatic rings. The fraction of sp³-hybridized carbons (Fsp3) is 0.536. The van der Waals surface area contributed by atoms with Crippen LogP contribution in [0.3, 0.4) is 0 Å². The van der Waals surface area contributed by atoms with Crippen LogP contribution in [0.15, 0.2) is 36.5 Å². The van der Waals surface area contributed by atoms with Crippen LogP contribution in [0.2, 0.25) is 0 Å². The number of aromatic nitrogens is 3. The van der Waals surface area contributed by atoms with Crippen molar-refractivity contribution in [3.8, 4) is 11.3 Å². The van der Waals surface area contributed by atoms with Crippen molar-refractivity contribution in [1.29, 1.82) is 0 Å². The van der Waals surface area contributed by atoms with E-state index in [-0.39, 0.29) is 13.2 Å². The van der Waals surface area contributed by atoms with Gasteiger partial charge < -0.3 is 19.7 Å². The van der Waals surface area contributed by atoms with Gasteiger partial charge in [0, 0.05) is 36.3 Å². The highest BCUT2D eigenvalue weighted by Gasteiger charge is 2.19. The number of nitrogens with one attached hydrogen (secondary N) is 1. The molecule has 3 heterocycles. The molecule has 1 atom stereocenters. The molecule has 1 aromatic carbocycles. The van der Waals surface area contributed by atoms with Gasteiger partial charge in [0.15, 0.2) is 5.75 Å². The molecular weight excluding hydrogens is 534 g/mol. The summed E-state index contributed by atoms with van der Waals surface area (Å²) in [7, 11) is -4.32. The number of carbonyl (C=O) groups excluding carboxylic acids is 1. The van der Waals surface area contributed by atoms with Gasteiger partial charge in [0.2, 0.25) is 5.91 Å². The van der Waals surface area contributed by atoms with Crippen molar-refractivity contribution in [2.24, 2.45) is 0 Å². The van der Waals surface area contributed by atoms with Crippen LogP contribution < -0.4 is 5.32 Å². The highest BCUT2D eigenvalue weighted by molar-refractivity contribution is 7.86. The second-order valence-corrected chi connectivity index (χ2v) is 11.6. The first kappa shape index (κ1) is 30.1. The van der Waals surface area contributed by atoms with Crippen molar-refractivity contribution in [1.82, 2.24) is 25.0 Å². The van der Waals surface area contributed by atoms with Crippen LogP contribution in [0.1, 0.15) is 31.0 Å². The first-order chi connectivity index (χ1) is 19.2. The molecule has 0 bridgehead atoms. The molecule has 1 aliphatic heterocycles. The minimum atomic E-state index is -4.32. The number of likely N-dealkylation sites (tertiary alicyclic amines) is 1. The van der Waals surface area contributed by atoms with Crippen LogP contribution >= 0.6 is 0 Å². The van der Waals surface area contributed by atoms with Crippen molar-refractivity contribution in [3.05, 3.63) is 47.8 Å². The van der Waals surface area contributed by atoms with Gasteiger partial charge in [-0.15, -0.1) is 0 Å². The van der Waals surface area contributed by atoms with E-state index in [1.165, 1.54) is 24.9 Å². The number of hydrogen-bond acceptors (Lipinski definition) is 8. The van der Waals surface area contributed by atoms with E-state index in [1.807, 2.05) is 17.8 Å². The van der Waals surface area contributed by atoms with E-state index in [9.17, 15) is 13.2 Å². The Morgan fingerprint density at radius 2 is 1.93 bits per heavy atom. The van der Waals surface area contributed by atoms with Gasteiger partial charge in [-0.05, 0) is 63.4 Å². The lowest BCUT2D eigenvalue weighted by Crippen LogP contribution is -2.32. The van der Waals surface area contributed by atoms with E-state index >= 15 is 0 Å². The van der Waals surface area contributed by atoms with Gasteiger partial charge in [0.25, 0.3) is 10.1 Å². The molecule has 2 N–H and O–H groups in total. The summed E-state index contributed by atoms with van der Waals surface area (Å²) in [6.07, 6.45) is 5.66. The third kappa shape index (κ3) is 9.07. The maximum absolute atomic E-state index is 11.3. The number of hydrogen-bond donors (Lipinski definition) is 2. The molecule has 12 heteroatoms. The monoisotopic (exact) mass is 573 g/mol. The Morgan fingerprint density at radius 1 is 1.12 bits per heavy atom. The van der Waals surface area contributed by atoms with Crippen molar-refractivity contribution >= 4 is 26.9 Å². The van der Waals surface area contributed by atoms with Crippen LogP contribution in [0.25, 0.3) is 22.2 Å². The molecule has 0 saturated carbocycles. The van der Waals surface area contributed by atoms with E-state index < -0.39 is 21.8 Å². The third-order valence-electron chi connectivity index (χ3n) is 7.07. The predicted octanol–water partition coefficient (Wildman–Crippen LogP) is 2.47. The number of carbonyl (C=O) groups is 1. The van der Waals surface area contributed by atoms with E-state index in [4.69, 9.17) is 19.0 Å². The Kier molecular flexibility index (Phi) is 10.6. The van der Waals surface area contributed by atoms with Crippen molar-refractivity contribution in [3.63, 3.8) is 0 Å². The third-order valence-corrected chi connectivity index (χ3v) is 7.70. The molecule has 1 amide bonds. The lowest BCUT2D eigenvalue weighted by atomic mass is 10.1. The largest absolute Gasteiger partial charge is 0.377 e. The van der Waals surface area contributed by atoms with Crippen molar-refractivity contribution < 1.29 is 27.2 Å². The standard InChI is InChI=1S/C28H39N5O6S/c1-21-4-3-11-32(21)12-9-23-5-7-26-24(18-23)6-8-27(30-26)25-19-33(31-22(25)2)13-15-39-17-16-38-14-10-29-28(34)20-40(35,36)37/h5-8,18-19,21H,3-4,9-17,20H2,1-2H3,(H,29,34)(H,35,36,37)/t21-/m1/s1. The van der Waals surface area contributed by atoms with E-state index in [1.54, 1.807) is 0 Å². The molecule has 0 spiro atoms. The van der Waals surface area contributed by atoms with Crippen molar-refractivity contribution in [2.75, 3.05) is 51.8 Å². The zero-order valence-corrected chi connectivity index (χ0v) is 24.0. The summed E-state index contributed by atoms with van der Waals surface area (Å²) in [5.41, 5.74) is 5.12. The lowest BCUT2D eigenvalue weighted by Gasteiger charge is -2.20. The molecule has 4 rings (SSSR count). The van der Waals surface area contributed by atoms with Crippen LogP contribution in [0.5, 0.6) is 0 Å². The Hall–Kier alpha value is -2.90. The van der Waals surface area contributed by atoms with Gasteiger partial charge >= 0.3 is 0 Å². The van der Waals surface area contributed by atoms with E-state index in [0.717, 1.165) is 40.8 Å². The molecule has 0 unspecified atom stereocenters. The maximum Gasteiger partial charge on any atom is 0.274 e. The zero-order valence-electron chi connectivity index (χ0n) is 23.2. The lowest BCUT2D eigenvalue weighted by molar-refractivity contribution is -0.118. The number of benzene rings is 1. The fourth-order valence-corrected chi connectivity index (χ4v) is 5.35. The molecule has 1 fully saturated rings. The van der Waals surface area contributed by atoms with Crippen LogP contribution in [0, 0.1) is 6.92 Å². The number of nitrogens with zero attached hydrogens (tertiary/aromatic N) is 4. The van der Waals surface area contributed by atoms with Crippen LogP contribution in [-0.2, 0) is 37.4 Å². The number of pyridine rings is 1. The van der Waals surface area contributed by atoms with Gasteiger partial charge in [-0.3, -0.25) is 14.0 Å². The first-order valence-corrected chi connectivity index (χ1v) is 15.3.